The molecule has 0 radical (unpaired) electrons. The van der Waals surface area contributed by atoms with Crippen LogP contribution in [0.15, 0.2) is 11.6 Å². The average molecular weight is 323 g/mol. The number of piperidine rings is 1. The lowest BCUT2D eigenvalue weighted by Crippen LogP contribution is -2.53. The molecule has 3 saturated heterocycles. The van der Waals surface area contributed by atoms with E-state index in [-0.39, 0.29) is 5.60 Å². The molecule has 6 heteroatoms. The highest BCUT2D eigenvalue weighted by atomic mass is 32.1. The summed E-state index contributed by atoms with van der Waals surface area (Å²) in [6.45, 7) is 4.96. The Hall–Kier alpha value is -0.690. The summed E-state index contributed by atoms with van der Waals surface area (Å²) in [5.41, 5.74) is 0.0610. The zero-order valence-electron chi connectivity index (χ0n) is 13.0. The van der Waals surface area contributed by atoms with Crippen molar-refractivity contribution < 1.29 is 9.47 Å². The second-order valence-corrected chi connectivity index (χ2v) is 7.69. The van der Waals surface area contributed by atoms with Crippen LogP contribution in [0.5, 0.6) is 0 Å². The lowest BCUT2D eigenvalue weighted by molar-refractivity contribution is -0.0741. The monoisotopic (exact) mass is 323 g/mol. The number of hydrogen-bond acceptors (Lipinski definition) is 6. The van der Waals surface area contributed by atoms with Crippen LogP contribution in [-0.2, 0) is 9.47 Å². The molecule has 3 aliphatic heterocycles. The SMILES string of the molecule is c1csc(N[C@H]2CO[C@@]3(CCCN(C4CCOCC4)C3)C2)n1. The van der Waals surface area contributed by atoms with Crippen LogP contribution in [0, 0.1) is 0 Å². The molecule has 4 rings (SSSR count). The number of nitrogens with one attached hydrogen (secondary N) is 1. The molecular weight excluding hydrogens is 298 g/mol. The Balaban J connectivity index is 1.37. The van der Waals surface area contributed by atoms with Gasteiger partial charge in [-0.2, -0.15) is 0 Å². The fourth-order valence-electron chi connectivity index (χ4n) is 4.19. The van der Waals surface area contributed by atoms with Gasteiger partial charge in [-0.15, -0.1) is 11.3 Å². The molecule has 0 amide bonds. The van der Waals surface area contributed by atoms with Crippen molar-refractivity contribution in [1.29, 1.82) is 0 Å². The van der Waals surface area contributed by atoms with E-state index >= 15 is 0 Å². The Bertz CT molecular complexity index is 478. The summed E-state index contributed by atoms with van der Waals surface area (Å²) in [5.74, 6) is 0. The minimum absolute atomic E-state index is 0.0610. The number of thiazole rings is 1. The van der Waals surface area contributed by atoms with Gasteiger partial charge >= 0.3 is 0 Å². The van der Waals surface area contributed by atoms with Crippen molar-refractivity contribution in [2.45, 2.75) is 49.8 Å². The molecule has 1 N–H and O–H groups in total. The van der Waals surface area contributed by atoms with Gasteiger partial charge in [0.2, 0.25) is 0 Å². The average Bonchev–Trinajstić information content (AvgIpc) is 3.20. The van der Waals surface area contributed by atoms with E-state index in [9.17, 15) is 0 Å². The summed E-state index contributed by atoms with van der Waals surface area (Å²) in [7, 11) is 0. The Morgan fingerprint density at radius 2 is 2.27 bits per heavy atom. The Morgan fingerprint density at radius 1 is 1.36 bits per heavy atom. The van der Waals surface area contributed by atoms with Crippen molar-refractivity contribution in [3.05, 3.63) is 11.6 Å². The number of hydrogen-bond donors (Lipinski definition) is 1. The maximum atomic E-state index is 6.31. The van der Waals surface area contributed by atoms with Crippen LogP contribution >= 0.6 is 11.3 Å². The Morgan fingerprint density at radius 3 is 3.09 bits per heavy atom. The summed E-state index contributed by atoms with van der Waals surface area (Å²) < 4.78 is 11.8. The van der Waals surface area contributed by atoms with E-state index < -0.39 is 0 Å². The van der Waals surface area contributed by atoms with Gasteiger partial charge in [-0.05, 0) is 32.2 Å². The molecule has 1 aromatic rings. The van der Waals surface area contributed by atoms with Gasteiger partial charge in [0, 0.05) is 43.8 Å². The molecule has 3 aliphatic rings. The van der Waals surface area contributed by atoms with E-state index in [4.69, 9.17) is 9.47 Å². The second kappa shape index (κ2) is 6.43. The first-order valence-corrected chi connectivity index (χ1v) is 9.33. The van der Waals surface area contributed by atoms with Crippen molar-refractivity contribution >= 4 is 16.5 Å². The van der Waals surface area contributed by atoms with Crippen LogP contribution in [0.1, 0.15) is 32.1 Å². The standard InChI is InChI=1S/C16H25N3O2S/c1-4-16(12-19(6-1)14-2-7-20-8-3-14)10-13(11-21-16)18-15-17-5-9-22-15/h5,9,13-14H,1-4,6-8,10-12H2,(H,17,18)/t13-,16+/m1/s1. The molecule has 0 unspecified atom stereocenters. The van der Waals surface area contributed by atoms with E-state index in [2.05, 4.69) is 15.2 Å². The van der Waals surface area contributed by atoms with E-state index in [0.29, 0.717) is 12.1 Å². The Labute approximate surface area is 136 Å². The molecular formula is C16H25N3O2S. The van der Waals surface area contributed by atoms with Crippen LogP contribution in [0.25, 0.3) is 0 Å². The molecule has 122 valence electrons. The fourth-order valence-corrected chi connectivity index (χ4v) is 4.79. The molecule has 5 nitrogen and oxygen atoms in total. The van der Waals surface area contributed by atoms with Crippen molar-refractivity contribution in [2.24, 2.45) is 0 Å². The molecule has 4 heterocycles. The number of likely N-dealkylation sites (tertiary alicyclic amines) is 1. The number of aromatic nitrogens is 1. The van der Waals surface area contributed by atoms with Gasteiger partial charge in [-0.25, -0.2) is 4.98 Å². The predicted molar refractivity (Wildman–Crippen MR) is 87.5 cm³/mol. The molecule has 22 heavy (non-hydrogen) atoms. The topological polar surface area (TPSA) is 46.6 Å². The molecule has 0 aromatic carbocycles. The summed E-state index contributed by atoms with van der Waals surface area (Å²) in [4.78, 5) is 6.99. The molecule has 3 fully saturated rings. The zero-order valence-corrected chi connectivity index (χ0v) is 13.8. The minimum Gasteiger partial charge on any atom is -0.381 e. The lowest BCUT2D eigenvalue weighted by atomic mass is 9.87. The zero-order chi connectivity index (χ0) is 14.8. The van der Waals surface area contributed by atoms with E-state index in [1.165, 1.54) is 32.2 Å². The van der Waals surface area contributed by atoms with Crippen LogP contribution < -0.4 is 5.32 Å². The number of rotatable bonds is 3. The van der Waals surface area contributed by atoms with Crippen molar-refractivity contribution in [2.75, 3.05) is 38.2 Å². The van der Waals surface area contributed by atoms with Crippen molar-refractivity contribution in [1.82, 2.24) is 9.88 Å². The van der Waals surface area contributed by atoms with Gasteiger partial charge in [0.15, 0.2) is 5.13 Å². The molecule has 0 saturated carbocycles. The third-order valence-electron chi connectivity index (χ3n) is 5.25. The van der Waals surface area contributed by atoms with Crippen LogP contribution in [-0.4, -0.2) is 60.5 Å². The van der Waals surface area contributed by atoms with Gasteiger partial charge in [0.05, 0.1) is 18.2 Å². The maximum absolute atomic E-state index is 6.31. The number of nitrogens with zero attached hydrogens (tertiary/aromatic N) is 2. The van der Waals surface area contributed by atoms with Gasteiger partial charge in [0.1, 0.15) is 0 Å². The highest BCUT2D eigenvalue weighted by Crippen LogP contribution is 2.37. The highest BCUT2D eigenvalue weighted by molar-refractivity contribution is 7.13. The molecule has 0 bridgehead atoms. The van der Waals surface area contributed by atoms with Crippen LogP contribution in [0.3, 0.4) is 0 Å². The quantitative estimate of drug-likeness (QED) is 0.925. The summed E-state index contributed by atoms with van der Waals surface area (Å²) >= 11 is 1.67. The van der Waals surface area contributed by atoms with E-state index in [0.717, 1.165) is 37.9 Å². The lowest BCUT2D eigenvalue weighted by Gasteiger charge is -2.44. The first kappa shape index (κ1) is 14.9. The molecule has 1 spiro atoms. The highest BCUT2D eigenvalue weighted by Gasteiger charge is 2.44. The molecule has 0 aliphatic carbocycles. The summed E-state index contributed by atoms with van der Waals surface area (Å²) in [6.07, 6.45) is 7.76. The first-order chi connectivity index (χ1) is 10.8. The van der Waals surface area contributed by atoms with Gasteiger partial charge in [0.25, 0.3) is 0 Å². The van der Waals surface area contributed by atoms with Crippen LogP contribution in [0.4, 0.5) is 5.13 Å². The van der Waals surface area contributed by atoms with Gasteiger partial charge in [-0.1, -0.05) is 0 Å². The largest absolute Gasteiger partial charge is 0.381 e. The van der Waals surface area contributed by atoms with Crippen molar-refractivity contribution in [3.63, 3.8) is 0 Å². The van der Waals surface area contributed by atoms with E-state index in [1.807, 2.05) is 11.6 Å². The minimum atomic E-state index is 0.0610. The molecule has 2 atom stereocenters. The summed E-state index contributed by atoms with van der Waals surface area (Å²) in [6, 6.07) is 1.10. The van der Waals surface area contributed by atoms with Crippen molar-refractivity contribution in [3.8, 4) is 0 Å². The third-order valence-corrected chi connectivity index (χ3v) is 5.95. The predicted octanol–water partition coefficient (Wildman–Crippen LogP) is 2.36. The smallest absolute Gasteiger partial charge is 0.182 e. The van der Waals surface area contributed by atoms with Crippen LogP contribution in [0.2, 0.25) is 0 Å². The van der Waals surface area contributed by atoms with Gasteiger partial charge in [-0.3, -0.25) is 4.90 Å². The number of anilines is 1. The third kappa shape index (κ3) is 3.15. The van der Waals surface area contributed by atoms with E-state index in [1.54, 1.807) is 11.3 Å². The second-order valence-electron chi connectivity index (χ2n) is 6.79. The first-order valence-electron chi connectivity index (χ1n) is 8.45. The van der Waals surface area contributed by atoms with Gasteiger partial charge < -0.3 is 14.8 Å². The summed E-state index contributed by atoms with van der Waals surface area (Å²) in [5, 5.41) is 6.56. The Kier molecular flexibility index (Phi) is 4.35. The fraction of sp³-hybridized carbons (Fsp3) is 0.812. The maximum Gasteiger partial charge on any atom is 0.182 e. The normalized spacial score (nSPS) is 34.3. The number of ether oxygens (including phenoxy) is 2. The molecule has 1 aromatic heterocycles.